The number of aliphatic hydroxyl groups is 2. The van der Waals surface area contributed by atoms with Gasteiger partial charge in [0.25, 0.3) is 0 Å². The third-order valence-electron chi connectivity index (χ3n) is 0.458. The van der Waals surface area contributed by atoms with Crippen LogP contribution in [0.1, 0.15) is 0 Å². The molecule has 0 spiro atoms. The number of hydrogen-bond donors (Lipinski definition) is 3. The highest BCUT2D eigenvalue weighted by molar-refractivity contribution is 5.71. The maximum absolute atomic E-state index is 9.52. The van der Waals surface area contributed by atoms with Crippen LogP contribution in [0.25, 0.3) is 0 Å². The highest BCUT2D eigenvalue weighted by Gasteiger charge is 2.08. The first kappa shape index (κ1) is 6.39. The van der Waals surface area contributed by atoms with Crippen LogP contribution in [0.3, 0.4) is 0 Å². The summed E-state index contributed by atoms with van der Waals surface area (Å²) in [5, 5.41) is 23.7. The van der Waals surface area contributed by atoms with Crippen molar-refractivity contribution in [2.45, 2.75) is 6.10 Å². The molecule has 1 unspecified atom stereocenters. The molecule has 0 rings (SSSR count). The minimum Gasteiger partial charge on any atom is -0.479 e. The predicted octanol–water partition coefficient (Wildman–Crippen LogP) is -1.58. The Morgan fingerprint density at radius 2 is 2.14 bits per heavy atom. The lowest BCUT2D eigenvalue weighted by molar-refractivity contribution is -0.148. The van der Waals surface area contributed by atoms with E-state index in [4.69, 9.17) is 15.3 Å². The summed E-state index contributed by atoms with van der Waals surface area (Å²) in [6, 6.07) is 0. The average Bonchev–Trinajstić information content (AvgIpc) is 1.65. The summed E-state index contributed by atoms with van der Waals surface area (Å²) >= 11 is 0. The lowest BCUT2D eigenvalue weighted by Gasteiger charge is -1.95. The number of carboxylic acid groups (broad SMARTS) is 1. The van der Waals surface area contributed by atoms with E-state index in [-0.39, 0.29) is 0 Å². The van der Waals surface area contributed by atoms with Gasteiger partial charge in [0, 0.05) is 0 Å². The highest BCUT2D eigenvalue weighted by Crippen LogP contribution is 1.75. The van der Waals surface area contributed by atoms with Gasteiger partial charge in [-0.2, -0.15) is 0 Å². The lowest BCUT2D eigenvalue weighted by Crippen LogP contribution is -2.22. The quantitative estimate of drug-likeness (QED) is 0.374. The molecule has 0 aromatic carbocycles. The zero-order valence-corrected chi connectivity index (χ0v) is 3.53. The monoisotopic (exact) mass is 109 g/mol. The molecule has 0 amide bonds. The number of aliphatic hydroxyl groups excluding tert-OH is 2. The van der Waals surface area contributed by atoms with Gasteiger partial charge in [0.2, 0.25) is 0 Å². The molecular formula is C3H6O4. The van der Waals surface area contributed by atoms with Crippen molar-refractivity contribution in [3.63, 3.8) is 0 Å². The molecule has 0 aromatic rings. The largest absolute Gasteiger partial charge is 0.479 e. The lowest BCUT2D eigenvalue weighted by atomic mass is 11.3. The van der Waals surface area contributed by atoms with Crippen LogP contribution < -0.4 is 0 Å². The molecule has 0 fully saturated rings. The number of carbonyl (C=O) groups is 1. The zero-order valence-electron chi connectivity index (χ0n) is 3.53. The molecule has 1 atom stereocenters. The van der Waals surface area contributed by atoms with E-state index in [0.29, 0.717) is 0 Å². The van der Waals surface area contributed by atoms with Gasteiger partial charge in [-0.05, 0) is 0 Å². The van der Waals surface area contributed by atoms with E-state index in [0.717, 1.165) is 0 Å². The van der Waals surface area contributed by atoms with Crippen molar-refractivity contribution in [3.8, 4) is 0 Å². The second kappa shape index (κ2) is 2.54. The second-order valence-electron chi connectivity index (χ2n) is 1.04. The fourth-order valence-corrected chi connectivity index (χ4v) is 0.0781. The summed E-state index contributed by atoms with van der Waals surface area (Å²) in [4.78, 5) is 9.52. The van der Waals surface area contributed by atoms with Gasteiger partial charge in [-0.1, -0.05) is 0 Å². The molecule has 0 saturated heterocycles. The normalized spacial score (nSPS) is 13.4. The van der Waals surface area contributed by atoms with Gasteiger partial charge in [-0.25, -0.2) is 4.79 Å². The number of carboxylic acids is 1. The van der Waals surface area contributed by atoms with Crippen LogP contribution >= 0.6 is 0 Å². The number of hydrogen-bond acceptors (Lipinski definition) is 3. The van der Waals surface area contributed by atoms with Crippen molar-refractivity contribution in [1.82, 2.24) is 0 Å². The van der Waals surface area contributed by atoms with Crippen molar-refractivity contribution in [1.29, 1.82) is 0 Å². The van der Waals surface area contributed by atoms with E-state index in [1.165, 1.54) is 0 Å². The van der Waals surface area contributed by atoms with Gasteiger partial charge in [-0.15, -0.1) is 0 Å². The first-order valence-electron chi connectivity index (χ1n) is 1.70. The fraction of sp³-hybridized carbons (Fsp3) is 0.667. The molecule has 42 valence electrons. The average molecular weight is 109 g/mol. The minimum absolute atomic E-state index is 0.727. The van der Waals surface area contributed by atoms with E-state index in [1.807, 2.05) is 0 Å². The summed E-state index contributed by atoms with van der Waals surface area (Å²) in [5.41, 5.74) is 0. The molecule has 7 heavy (non-hydrogen) atoms. The van der Waals surface area contributed by atoms with Gasteiger partial charge >= 0.3 is 5.97 Å². The molecule has 0 aliphatic carbocycles. The summed E-state index contributed by atoms with van der Waals surface area (Å²) in [5.74, 6) is -1.40. The van der Waals surface area contributed by atoms with Crippen LogP contribution in [-0.4, -0.2) is 34.0 Å². The molecule has 0 aliphatic heterocycles. The molecule has 0 heterocycles. The predicted molar refractivity (Wildman–Crippen MR) is 20.7 cm³/mol. The van der Waals surface area contributed by atoms with Gasteiger partial charge < -0.3 is 15.3 Å². The summed E-state index contributed by atoms with van der Waals surface area (Å²) < 4.78 is 0. The highest BCUT2D eigenvalue weighted by atomic mass is 16.6. The molecular weight excluding hydrogens is 103 g/mol. The van der Waals surface area contributed by atoms with Crippen molar-refractivity contribution in [2.24, 2.45) is 0 Å². The first-order chi connectivity index (χ1) is 3.18. The smallest absolute Gasteiger partial charge is 0.334 e. The maximum atomic E-state index is 9.52. The Labute approximate surface area is 40.0 Å². The van der Waals surface area contributed by atoms with E-state index in [9.17, 15) is 4.79 Å². The van der Waals surface area contributed by atoms with E-state index in [1.54, 1.807) is 0 Å². The number of aliphatic carboxylic acids is 1. The molecule has 0 aliphatic rings. The van der Waals surface area contributed by atoms with Crippen molar-refractivity contribution in [3.05, 3.63) is 0 Å². The third-order valence-corrected chi connectivity index (χ3v) is 0.458. The molecule has 0 bridgehead atoms. The summed E-state index contributed by atoms with van der Waals surface area (Å²) in [7, 11) is 0. The molecule has 0 radical (unpaired) electrons. The molecule has 3 N–H and O–H groups in total. The topological polar surface area (TPSA) is 77.8 Å². The SMILES string of the molecule is O=[13C](O)[13CH](O)[13CH2]O. The Morgan fingerprint density at radius 3 is 2.14 bits per heavy atom. The standard InChI is InChI=1S/C3H6O4/c4-1-2(5)3(6)7/h2,4-5H,1H2,(H,6,7)/i1+1,2+1,3+1. The Balaban J connectivity index is 3.34. The zero-order chi connectivity index (χ0) is 5.86. The van der Waals surface area contributed by atoms with Crippen molar-refractivity contribution < 1.29 is 20.1 Å². The Kier molecular flexibility index (Phi) is 2.32. The van der Waals surface area contributed by atoms with Crippen LogP contribution in [0, 0.1) is 0 Å². The van der Waals surface area contributed by atoms with E-state index < -0.39 is 18.7 Å². The minimum atomic E-state index is -1.63. The molecule has 0 saturated carbocycles. The summed E-state index contributed by atoms with van der Waals surface area (Å²) in [6.07, 6.45) is -1.63. The van der Waals surface area contributed by atoms with E-state index in [2.05, 4.69) is 0 Å². The Hall–Kier alpha value is -0.610. The van der Waals surface area contributed by atoms with E-state index >= 15 is 0 Å². The van der Waals surface area contributed by atoms with Crippen LogP contribution in [0.4, 0.5) is 0 Å². The van der Waals surface area contributed by atoms with Crippen LogP contribution in [0.15, 0.2) is 0 Å². The maximum Gasteiger partial charge on any atom is 0.334 e. The second-order valence-corrected chi connectivity index (χ2v) is 1.04. The van der Waals surface area contributed by atoms with Crippen LogP contribution in [0.2, 0.25) is 0 Å². The van der Waals surface area contributed by atoms with Crippen molar-refractivity contribution in [2.75, 3.05) is 6.61 Å². The Bertz CT molecular complexity index is 69.3. The molecule has 4 heteroatoms. The van der Waals surface area contributed by atoms with Gasteiger partial charge in [-0.3, -0.25) is 0 Å². The third kappa shape index (κ3) is 2.13. The van der Waals surface area contributed by atoms with Gasteiger partial charge in [0.1, 0.15) is 0 Å². The molecule has 0 aromatic heterocycles. The van der Waals surface area contributed by atoms with Gasteiger partial charge in [0.05, 0.1) is 6.61 Å². The first-order valence-corrected chi connectivity index (χ1v) is 1.70. The number of rotatable bonds is 2. The van der Waals surface area contributed by atoms with Crippen LogP contribution in [-0.2, 0) is 4.79 Å². The van der Waals surface area contributed by atoms with Crippen molar-refractivity contribution >= 4 is 5.97 Å². The fourth-order valence-electron chi connectivity index (χ4n) is 0.0781. The van der Waals surface area contributed by atoms with Gasteiger partial charge in [0.15, 0.2) is 6.10 Å². The molecule has 4 nitrogen and oxygen atoms in total. The van der Waals surface area contributed by atoms with Crippen LogP contribution in [0.5, 0.6) is 0 Å². The summed E-state index contributed by atoms with van der Waals surface area (Å²) in [6.45, 7) is -0.727. The Morgan fingerprint density at radius 1 is 1.71 bits per heavy atom.